The third-order valence-electron chi connectivity index (χ3n) is 4.30. The van der Waals surface area contributed by atoms with Crippen LogP contribution in [-0.4, -0.2) is 28.9 Å². The van der Waals surface area contributed by atoms with E-state index < -0.39 is 0 Å². The molecule has 2 saturated heterocycles. The molecule has 1 amide bonds. The van der Waals surface area contributed by atoms with Gasteiger partial charge in [-0.05, 0) is 24.8 Å². The van der Waals surface area contributed by atoms with Gasteiger partial charge >= 0.3 is 5.97 Å². The monoisotopic (exact) mass is 273 g/mol. The minimum Gasteiger partial charge on any atom is -0.460 e. The van der Waals surface area contributed by atoms with Gasteiger partial charge in [-0.15, -0.1) is 0 Å². The number of rotatable bonds is 3. The number of carbonyl (C=O) groups is 2. The summed E-state index contributed by atoms with van der Waals surface area (Å²) in [5.41, 5.74) is 1.12. The second-order valence-electron chi connectivity index (χ2n) is 5.68. The van der Waals surface area contributed by atoms with Crippen LogP contribution in [-0.2, 0) is 20.9 Å². The topological polar surface area (TPSA) is 46.6 Å². The van der Waals surface area contributed by atoms with Crippen molar-refractivity contribution in [3.63, 3.8) is 0 Å². The van der Waals surface area contributed by atoms with Crippen LogP contribution in [0.25, 0.3) is 0 Å². The van der Waals surface area contributed by atoms with Crippen molar-refractivity contribution in [2.24, 2.45) is 5.92 Å². The number of hydrogen-bond acceptors (Lipinski definition) is 3. The molecule has 3 atom stereocenters. The van der Waals surface area contributed by atoms with Gasteiger partial charge in [-0.3, -0.25) is 9.59 Å². The second kappa shape index (κ2) is 5.27. The van der Waals surface area contributed by atoms with Gasteiger partial charge in [-0.25, -0.2) is 0 Å². The van der Waals surface area contributed by atoms with E-state index in [0.29, 0.717) is 13.0 Å². The quantitative estimate of drug-likeness (QED) is 0.793. The highest BCUT2D eigenvalue weighted by atomic mass is 16.5. The molecular formula is C16H19NO3. The van der Waals surface area contributed by atoms with Gasteiger partial charge in [0.2, 0.25) is 5.91 Å². The maximum atomic E-state index is 12.4. The van der Waals surface area contributed by atoms with Crippen LogP contribution in [0.4, 0.5) is 0 Å². The molecule has 1 aliphatic carbocycles. The van der Waals surface area contributed by atoms with Crippen LogP contribution < -0.4 is 0 Å². The second-order valence-corrected chi connectivity index (χ2v) is 5.68. The highest BCUT2D eigenvalue weighted by molar-refractivity contribution is 5.81. The Balaban J connectivity index is 1.78. The number of nitrogens with zero attached hydrogens (tertiary/aromatic N) is 1. The Bertz CT molecular complexity index is 514. The molecule has 0 spiro atoms. The van der Waals surface area contributed by atoms with Gasteiger partial charge in [0.1, 0.15) is 6.10 Å². The summed E-state index contributed by atoms with van der Waals surface area (Å²) in [6.07, 6.45) is 2.41. The van der Waals surface area contributed by atoms with E-state index in [9.17, 15) is 9.59 Å². The summed E-state index contributed by atoms with van der Waals surface area (Å²) in [4.78, 5) is 25.5. The van der Waals surface area contributed by atoms with E-state index >= 15 is 0 Å². The van der Waals surface area contributed by atoms with Crippen LogP contribution in [0.5, 0.6) is 0 Å². The molecule has 4 heteroatoms. The maximum Gasteiger partial charge on any atom is 0.302 e. The van der Waals surface area contributed by atoms with Crippen LogP contribution >= 0.6 is 0 Å². The summed E-state index contributed by atoms with van der Waals surface area (Å²) >= 11 is 0. The lowest BCUT2D eigenvalue weighted by Crippen LogP contribution is -2.59. The molecule has 4 rings (SSSR count). The molecule has 0 aromatic heterocycles. The van der Waals surface area contributed by atoms with Gasteiger partial charge in [0.15, 0.2) is 0 Å². The number of ether oxygens (including phenoxy) is 1. The smallest absolute Gasteiger partial charge is 0.302 e. The molecular weight excluding hydrogens is 254 g/mol. The molecule has 0 N–H and O–H groups in total. The zero-order valence-corrected chi connectivity index (χ0v) is 11.6. The summed E-state index contributed by atoms with van der Waals surface area (Å²) in [7, 11) is 0. The van der Waals surface area contributed by atoms with Gasteiger partial charge in [-0.1, -0.05) is 30.3 Å². The zero-order valence-electron chi connectivity index (χ0n) is 11.6. The number of hydrogen-bond donors (Lipinski definition) is 0. The van der Waals surface area contributed by atoms with Gasteiger partial charge in [-0.2, -0.15) is 0 Å². The Morgan fingerprint density at radius 3 is 2.75 bits per heavy atom. The van der Waals surface area contributed by atoms with Crippen molar-refractivity contribution in [3.8, 4) is 0 Å². The van der Waals surface area contributed by atoms with Crippen molar-refractivity contribution >= 4 is 11.9 Å². The number of benzene rings is 1. The lowest BCUT2D eigenvalue weighted by molar-refractivity contribution is -0.171. The zero-order chi connectivity index (χ0) is 14.1. The van der Waals surface area contributed by atoms with Crippen LogP contribution in [0.2, 0.25) is 0 Å². The van der Waals surface area contributed by atoms with E-state index in [0.717, 1.165) is 18.4 Å². The largest absolute Gasteiger partial charge is 0.460 e. The number of esters is 1. The summed E-state index contributed by atoms with van der Waals surface area (Å²) in [5, 5.41) is 0. The highest BCUT2D eigenvalue weighted by Gasteiger charge is 2.47. The molecule has 0 radical (unpaired) electrons. The minimum atomic E-state index is -0.255. The van der Waals surface area contributed by atoms with Crippen molar-refractivity contribution < 1.29 is 14.3 Å². The summed E-state index contributed by atoms with van der Waals surface area (Å²) in [6.45, 7) is 2.05. The Morgan fingerprint density at radius 2 is 2.05 bits per heavy atom. The average molecular weight is 273 g/mol. The molecule has 1 aromatic carbocycles. The standard InChI is InChI=1S/C16H19NO3/c1-11(18)20-15-9-13-7-8-14(15)17(16(13)19)10-12-5-3-2-4-6-12/h2-6,13-15H,7-10H2,1H3. The Hall–Kier alpha value is -1.84. The molecule has 20 heavy (non-hydrogen) atoms. The van der Waals surface area contributed by atoms with Crippen molar-refractivity contribution in [2.75, 3.05) is 0 Å². The predicted molar refractivity (Wildman–Crippen MR) is 73.7 cm³/mol. The predicted octanol–water partition coefficient (Wildman–Crippen LogP) is 2.13. The Labute approximate surface area is 118 Å². The molecule has 4 nitrogen and oxygen atoms in total. The Morgan fingerprint density at radius 1 is 1.30 bits per heavy atom. The molecule has 2 aliphatic heterocycles. The maximum absolute atomic E-state index is 12.4. The molecule has 3 fully saturated rings. The number of carbonyl (C=O) groups excluding carboxylic acids is 2. The first kappa shape index (κ1) is 13.2. The first-order valence-electron chi connectivity index (χ1n) is 7.17. The fourth-order valence-electron chi connectivity index (χ4n) is 3.41. The van der Waals surface area contributed by atoms with E-state index in [1.807, 2.05) is 35.2 Å². The first-order chi connectivity index (χ1) is 9.65. The SMILES string of the molecule is CC(=O)OC1CC2CCC1N(Cc1ccccc1)C2=O. The minimum absolute atomic E-state index is 0.0214. The van der Waals surface area contributed by atoms with Gasteiger partial charge in [0, 0.05) is 19.4 Å². The van der Waals surface area contributed by atoms with E-state index in [4.69, 9.17) is 4.74 Å². The fourth-order valence-corrected chi connectivity index (χ4v) is 3.41. The van der Waals surface area contributed by atoms with Gasteiger partial charge in [0.05, 0.1) is 6.04 Å². The average Bonchev–Trinajstić information content (AvgIpc) is 2.44. The molecule has 2 heterocycles. The van der Waals surface area contributed by atoms with E-state index in [-0.39, 0.29) is 29.9 Å². The third-order valence-corrected chi connectivity index (χ3v) is 4.30. The van der Waals surface area contributed by atoms with Crippen LogP contribution in [0.3, 0.4) is 0 Å². The highest BCUT2D eigenvalue weighted by Crippen LogP contribution is 2.38. The van der Waals surface area contributed by atoms with Crippen LogP contribution in [0, 0.1) is 5.92 Å². The lowest BCUT2D eigenvalue weighted by Gasteiger charge is -2.48. The summed E-state index contributed by atoms with van der Waals surface area (Å²) in [5.74, 6) is -0.0174. The summed E-state index contributed by atoms with van der Waals surface area (Å²) < 4.78 is 5.41. The van der Waals surface area contributed by atoms with Crippen molar-refractivity contribution in [1.29, 1.82) is 0 Å². The number of piperidine rings is 2. The molecule has 3 aliphatic rings. The Kier molecular flexibility index (Phi) is 3.47. The molecule has 1 aromatic rings. The van der Waals surface area contributed by atoms with E-state index in [2.05, 4.69) is 0 Å². The number of amides is 1. The molecule has 106 valence electrons. The summed E-state index contributed by atoms with van der Waals surface area (Å²) in [6, 6.07) is 10.0. The third kappa shape index (κ3) is 2.42. The normalized spacial score (nSPS) is 28.6. The van der Waals surface area contributed by atoms with Gasteiger partial charge in [0.25, 0.3) is 0 Å². The fraction of sp³-hybridized carbons (Fsp3) is 0.500. The lowest BCUT2D eigenvalue weighted by atomic mass is 9.77. The first-order valence-corrected chi connectivity index (χ1v) is 7.17. The molecule has 3 unspecified atom stereocenters. The molecule has 1 saturated carbocycles. The van der Waals surface area contributed by atoms with Gasteiger partial charge < -0.3 is 9.64 Å². The molecule has 2 bridgehead atoms. The van der Waals surface area contributed by atoms with Crippen LogP contribution in [0.1, 0.15) is 31.7 Å². The van der Waals surface area contributed by atoms with E-state index in [1.165, 1.54) is 6.92 Å². The number of fused-ring (bicyclic) bond motifs is 3. The van der Waals surface area contributed by atoms with Crippen molar-refractivity contribution in [2.45, 2.75) is 44.9 Å². The van der Waals surface area contributed by atoms with Crippen molar-refractivity contribution in [1.82, 2.24) is 4.90 Å². The van der Waals surface area contributed by atoms with E-state index in [1.54, 1.807) is 0 Å². The van der Waals surface area contributed by atoms with Crippen LogP contribution in [0.15, 0.2) is 30.3 Å². The van der Waals surface area contributed by atoms with Crippen molar-refractivity contribution in [3.05, 3.63) is 35.9 Å².